The van der Waals surface area contributed by atoms with E-state index in [9.17, 15) is 9.90 Å². The van der Waals surface area contributed by atoms with Gasteiger partial charge in [-0.1, -0.05) is 23.7 Å². The second-order valence-corrected chi connectivity index (χ2v) is 7.11. The second-order valence-electron chi connectivity index (χ2n) is 6.68. The van der Waals surface area contributed by atoms with Crippen LogP contribution in [0.4, 0.5) is 0 Å². The van der Waals surface area contributed by atoms with Crippen LogP contribution in [0.5, 0.6) is 0 Å². The van der Waals surface area contributed by atoms with Crippen molar-refractivity contribution in [2.24, 2.45) is 5.92 Å². The lowest BCUT2D eigenvalue weighted by Gasteiger charge is -2.34. The van der Waals surface area contributed by atoms with Gasteiger partial charge in [0, 0.05) is 30.6 Å². The van der Waals surface area contributed by atoms with Gasteiger partial charge < -0.3 is 14.9 Å². The topological polar surface area (TPSA) is 43.8 Å². The highest BCUT2D eigenvalue weighted by atomic mass is 35.5. The van der Waals surface area contributed by atoms with Gasteiger partial charge in [-0.2, -0.15) is 0 Å². The van der Waals surface area contributed by atoms with Gasteiger partial charge in [0.15, 0.2) is 0 Å². The Balaban J connectivity index is 1.48. The first kappa shape index (κ1) is 16.7. The first-order valence-electron chi connectivity index (χ1n) is 8.58. The maximum Gasteiger partial charge on any atom is 0.225 e. The molecule has 0 spiro atoms. The van der Waals surface area contributed by atoms with Crippen molar-refractivity contribution in [3.63, 3.8) is 0 Å². The molecule has 2 fully saturated rings. The van der Waals surface area contributed by atoms with E-state index in [-0.39, 0.29) is 5.92 Å². The molecule has 0 aliphatic carbocycles. The van der Waals surface area contributed by atoms with Crippen molar-refractivity contribution < 1.29 is 9.90 Å². The number of nitrogens with zero attached hydrogens (tertiary/aromatic N) is 2. The molecule has 1 amide bonds. The minimum absolute atomic E-state index is 0.174. The molecule has 0 bridgehead atoms. The maximum atomic E-state index is 12.4. The van der Waals surface area contributed by atoms with Gasteiger partial charge >= 0.3 is 0 Å². The lowest BCUT2D eigenvalue weighted by Crippen LogP contribution is -2.42. The predicted octanol–water partition coefficient (Wildman–Crippen LogP) is 2.71. The van der Waals surface area contributed by atoms with Gasteiger partial charge in [-0.05, 0) is 56.5 Å². The molecule has 2 heterocycles. The smallest absolute Gasteiger partial charge is 0.225 e. The Labute approximate surface area is 143 Å². The summed E-state index contributed by atoms with van der Waals surface area (Å²) in [7, 11) is 0. The summed E-state index contributed by atoms with van der Waals surface area (Å²) < 4.78 is 0. The highest BCUT2D eigenvalue weighted by molar-refractivity contribution is 6.30. The molecule has 23 heavy (non-hydrogen) atoms. The van der Waals surface area contributed by atoms with Crippen LogP contribution in [-0.2, 0) is 4.79 Å². The molecule has 3 rings (SSSR count). The van der Waals surface area contributed by atoms with Crippen molar-refractivity contribution in [3.8, 4) is 0 Å². The number of hydrogen-bond acceptors (Lipinski definition) is 3. The summed E-state index contributed by atoms with van der Waals surface area (Å²) in [5, 5.41) is 11.0. The lowest BCUT2D eigenvalue weighted by molar-refractivity contribution is -0.136. The Bertz CT molecular complexity index is 538. The van der Waals surface area contributed by atoms with E-state index in [1.54, 1.807) is 0 Å². The molecule has 5 heteroatoms. The van der Waals surface area contributed by atoms with Gasteiger partial charge in [0.25, 0.3) is 0 Å². The van der Waals surface area contributed by atoms with Gasteiger partial charge in [-0.3, -0.25) is 4.79 Å². The standard InChI is InChI=1S/C18H25ClN2O2/c19-16-5-3-4-15(12-16)17(22)13-20-10-6-14(7-11-20)18(23)21-8-1-2-9-21/h3-5,12,14,17,22H,1-2,6-11,13H2. The van der Waals surface area contributed by atoms with Crippen LogP contribution in [-0.4, -0.2) is 53.5 Å². The summed E-state index contributed by atoms with van der Waals surface area (Å²) >= 11 is 5.98. The fourth-order valence-corrected chi connectivity index (χ4v) is 3.82. The molecule has 2 aliphatic rings. The SMILES string of the molecule is O=C(C1CCN(CC(O)c2cccc(Cl)c2)CC1)N1CCCC1. The molecule has 0 aromatic heterocycles. The number of benzene rings is 1. The number of hydrogen-bond donors (Lipinski definition) is 1. The van der Waals surface area contributed by atoms with E-state index in [4.69, 9.17) is 11.6 Å². The van der Waals surface area contributed by atoms with Crippen LogP contribution in [0.25, 0.3) is 0 Å². The maximum absolute atomic E-state index is 12.4. The molecule has 1 N–H and O–H groups in total. The van der Waals surface area contributed by atoms with Gasteiger partial charge in [-0.25, -0.2) is 0 Å². The first-order valence-corrected chi connectivity index (χ1v) is 8.96. The molecule has 1 aromatic rings. The number of amides is 1. The number of aliphatic hydroxyl groups is 1. The minimum Gasteiger partial charge on any atom is -0.387 e. The van der Waals surface area contributed by atoms with Gasteiger partial charge in [0.2, 0.25) is 5.91 Å². The molecule has 2 aliphatic heterocycles. The number of aliphatic hydroxyl groups excluding tert-OH is 1. The van der Waals surface area contributed by atoms with Crippen molar-refractivity contribution in [2.45, 2.75) is 31.8 Å². The van der Waals surface area contributed by atoms with E-state index in [1.165, 1.54) is 0 Å². The third-order valence-electron chi connectivity index (χ3n) is 5.02. The molecule has 1 unspecified atom stereocenters. The Morgan fingerprint density at radius 3 is 2.57 bits per heavy atom. The molecular formula is C18H25ClN2O2. The van der Waals surface area contributed by atoms with Gasteiger partial charge in [0.1, 0.15) is 0 Å². The third kappa shape index (κ3) is 4.25. The number of carbonyl (C=O) groups is 1. The number of piperidine rings is 1. The Morgan fingerprint density at radius 1 is 1.22 bits per heavy atom. The third-order valence-corrected chi connectivity index (χ3v) is 5.25. The van der Waals surface area contributed by atoms with Crippen LogP contribution in [0, 0.1) is 5.92 Å². The predicted molar refractivity (Wildman–Crippen MR) is 91.4 cm³/mol. The Kier molecular flexibility index (Phi) is 5.57. The van der Waals surface area contributed by atoms with Crippen LogP contribution in [0.3, 0.4) is 0 Å². The molecular weight excluding hydrogens is 312 g/mol. The number of likely N-dealkylation sites (tertiary alicyclic amines) is 2. The summed E-state index contributed by atoms with van der Waals surface area (Å²) in [5.41, 5.74) is 0.854. The van der Waals surface area contributed by atoms with Crippen LogP contribution in [0.2, 0.25) is 5.02 Å². The zero-order chi connectivity index (χ0) is 16.2. The van der Waals surface area contributed by atoms with Crippen molar-refractivity contribution in [2.75, 3.05) is 32.7 Å². The van der Waals surface area contributed by atoms with Gasteiger partial charge in [-0.15, -0.1) is 0 Å². The van der Waals surface area contributed by atoms with E-state index in [1.807, 2.05) is 29.2 Å². The normalized spacial score (nSPS) is 21.6. The highest BCUT2D eigenvalue weighted by Gasteiger charge is 2.30. The molecule has 1 aromatic carbocycles. The average molecular weight is 337 g/mol. The summed E-state index contributed by atoms with van der Waals surface area (Å²) in [6, 6.07) is 7.39. The quantitative estimate of drug-likeness (QED) is 0.919. The van der Waals surface area contributed by atoms with Crippen LogP contribution in [0.1, 0.15) is 37.4 Å². The van der Waals surface area contributed by atoms with Crippen molar-refractivity contribution in [1.82, 2.24) is 9.80 Å². The van der Waals surface area contributed by atoms with Crippen LogP contribution < -0.4 is 0 Å². The van der Waals surface area contributed by atoms with Gasteiger partial charge in [0.05, 0.1) is 6.10 Å². The average Bonchev–Trinajstić information content (AvgIpc) is 3.09. The fourth-order valence-electron chi connectivity index (χ4n) is 3.62. The molecule has 4 nitrogen and oxygen atoms in total. The molecule has 1 atom stereocenters. The molecule has 2 saturated heterocycles. The molecule has 126 valence electrons. The van der Waals surface area contributed by atoms with E-state index < -0.39 is 6.10 Å². The lowest BCUT2D eigenvalue weighted by atomic mass is 9.95. The Hall–Kier alpha value is -1.10. The highest BCUT2D eigenvalue weighted by Crippen LogP contribution is 2.24. The number of carbonyl (C=O) groups excluding carboxylic acids is 1. The van der Waals surface area contributed by atoms with Crippen molar-refractivity contribution in [3.05, 3.63) is 34.9 Å². The molecule has 0 saturated carbocycles. The second kappa shape index (κ2) is 7.65. The molecule has 0 radical (unpaired) electrons. The first-order chi connectivity index (χ1) is 11.1. The summed E-state index contributed by atoms with van der Waals surface area (Å²) in [4.78, 5) is 16.7. The van der Waals surface area contributed by atoms with E-state index in [2.05, 4.69) is 4.90 Å². The van der Waals surface area contributed by atoms with E-state index >= 15 is 0 Å². The van der Waals surface area contributed by atoms with E-state index in [0.717, 1.165) is 57.4 Å². The summed E-state index contributed by atoms with van der Waals surface area (Å²) in [5.74, 6) is 0.519. The fraction of sp³-hybridized carbons (Fsp3) is 0.611. The largest absolute Gasteiger partial charge is 0.387 e. The number of β-amino-alcohol motifs (C(OH)–C–C–N with tert-alkyl or cyclic N) is 1. The van der Waals surface area contributed by atoms with Crippen molar-refractivity contribution in [1.29, 1.82) is 0 Å². The minimum atomic E-state index is -0.528. The van der Waals surface area contributed by atoms with Crippen LogP contribution in [0.15, 0.2) is 24.3 Å². The number of halogens is 1. The summed E-state index contributed by atoms with van der Waals surface area (Å²) in [6.45, 7) is 4.23. The zero-order valence-electron chi connectivity index (χ0n) is 13.5. The Morgan fingerprint density at radius 2 is 1.91 bits per heavy atom. The zero-order valence-corrected chi connectivity index (χ0v) is 14.2. The van der Waals surface area contributed by atoms with Crippen LogP contribution >= 0.6 is 11.6 Å². The summed E-state index contributed by atoms with van der Waals surface area (Å²) in [6.07, 6.45) is 3.57. The number of rotatable bonds is 4. The van der Waals surface area contributed by atoms with Crippen molar-refractivity contribution >= 4 is 17.5 Å². The monoisotopic (exact) mass is 336 g/mol. The van der Waals surface area contributed by atoms with E-state index in [0.29, 0.717) is 17.5 Å².